The number of ether oxygens (including phenoxy) is 1. The topological polar surface area (TPSA) is 50.8 Å². The minimum Gasteiger partial charge on any atom is -0.497 e. The van der Waals surface area contributed by atoms with E-state index in [0.29, 0.717) is 23.4 Å². The summed E-state index contributed by atoms with van der Waals surface area (Å²) in [6, 6.07) is 8.11. The van der Waals surface area contributed by atoms with Crippen molar-refractivity contribution in [3.05, 3.63) is 64.4 Å². The Morgan fingerprint density at radius 1 is 1.23 bits per heavy atom. The maximum Gasteiger partial charge on any atom is 0.195 e. The van der Waals surface area contributed by atoms with Crippen LogP contribution in [0.3, 0.4) is 0 Å². The van der Waals surface area contributed by atoms with E-state index < -0.39 is 0 Å². The number of halogens is 2. The number of rotatable bonds is 7. The van der Waals surface area contributed by atoms with Crippen LogP contribution in [-0.4, -0.2) is 37.4 Å². The normalized spacial score (nSPS) is 15.0. The highest BCUT2D eigenvalue weighted by Gasteiger charge is 2.22. The summed E-state index contributed by atoms with van der Waals surface area (Å²) in [4.78, 5) is 6.27. The van der Waals surface area contributed by atoms with Crippen LogP contribution in [-0.2, 0) is 0 Å². The molecule has 0 fully saturated rings. The van der Waals surface area contributed by atoms with Gasteiger partial charge in [0.05, 0.1) is 13.7 Å². The third kappa shape index (κ3) is 8.45. The molecule has 1 aromatic rings. The van der Waals surface area contributed by atoms with Gasteiger partial charge in [-0.25, -0.2) is 4.99 Å². The van der Waals surface area contributed by atoms with E-state index in [0.717, 1.165) is 17.7 Å². The molecule has 2 N–H and O–H groups in total. The van der Waals surface area contributed by atoms with Crippen LogP contribution in [0.2, 0.25) is 0 Å². The highest BCUT2D eigenvalue weighted by Crippen LogP contribution is 2.36. The maximum atomic E-state index is 6.43. The van der Waals surface area contributed by atoms with Gasteiger partial charge < -0.3 is 15.4 Å². The number of nitrogens with two attached hydrogens (primary N) is 1. The van der Waals surface area contributed by atoms with Gasteiger partial charge in [-0.05, 0) is 42.2 Å². The molecule has 2 rings (SSSR count). The zero-order chi connectivity index (χ0) is 23.1. The molecule has 30 heavy (non-hydrogen) atoms. The smallest absolute Gasteiger partial charge is 0.195 e. The molecule has 168 valence electrons. The molecule has 0 amide bonds. The maximum absolute atomic E-state index is 6.43. The Bertz CT molecular complexity index is 737. The summed E-state index contributed by atoms with van der Waals surface area (Å²) >= 11 is 12.2. The second kappa shape index (κ2) is 15.9. The molecule has 1 atom stereocenters. The van der Waals surface area contributed by atoms with Gasteiger partial charge in [-0.2, -0.15) is 0 Å². The number of hydrogen-bond acceptors (Lipinski definition) is 4. The molecule has 6 heteroatoms. The van der Waals surface area contributed by atoms with E-state index in [9.17, 15) is 0 Å². The van der Waals surface area contributed by atoms with E-state index in [1.807, 2.05) is 70.9 Å². The van der Waals surface area contributed by atoms with E-state index in [4.69, 9.17) is 33.7 Å². The lowest BCUT2D eigenvalue weighted by Gasteiger charge is -2.27. The predicted molar refractivity (Wildman–Crippen MR) is 134 cm³/mol. The van der Waals surface area contributed by atoms with Gasteiger partial charge in [-0.3, -0.25) is 0 Å². The molecule has 0 bridgehead atoms. The van der Waals surface area contributed by atoms with Crippen LogP contribution >= 0.6 is 23.2 Å². The molecule has 1 aliphatic rings. The number of methoxy groups -OCH3 is 1. The molecule has 0 saturated carbocycles. The molecule has 0 saturated heterocycles. The van der Waals surface area contributed by atoms with Crippen molar-refractivity contribution in [3.63, 3.8) is 0 Å². The summed E-state index contributed by atoms with van der Waals surface area (Å²) in [6.07, 6.45) is 6.67. The largest absolute Gasteiger partial charge is 0.497 e. The van der Waals surface area contributed by atoms with Crippen LogP contribution in [0.5, 0.6) is 5.75 Å². The number of alkyl halides is 1. The van der Waals surface area contributed by atoms with Crippen molar-refractivity contribution in [3.8, 4) is 5.75 Å². The number of benzene rings is 1. The summed E-state index contributed by atoms with van der Waals surface area (Å²) in [5, 5.41) is 0.689. The van der Waals surface area contributed by atoms with Crippen molar-refractivity contribution in [2.24, 2.45) is 10.7 Å². The molecule has 4 nitrogen and oxygen atoms in total. The van der Waals surface area contributed by atoms with Crippen molar-refractivity contribution in [1.29, 1.82) is 0 Å². The van der Waals surface area contributed by atoms with Crippen LogP contribution in [0.15, 0.2) is 63.8 Å². The first-order valence-corrected chi connectivity index (χ1v) is 11.4. The number of guanidine groups is 1. The highest BCUT2D eigenvalue weighted by molar-refractivity contribution is 6.32. The lowest BCUT2D eigenvalue weighted by molar-refractivity contribution is 0.414. The van der Waals surface area contributed by atoms with Crippen LogP contribution in [0, 0.1) is 0 Å². The minimum absolute atomic E-state index is 0.129. The average molecular weight is 454 g/mol. The first kappa shape index (κ1) is 28.1. The summed E-state index contributed by atoms with van der Waals surface area (Å²) in [5.41, 5.74) is 9.30. The second-order valence-corrected chi connectivity index (χ2v) is 6.76. The van der Waals surface area contributed by atoms with E-state index >= 15 is 0 Å². The van der Waals surface area contributed by atoms with Gasteiger partial charge >= 0.3 is 0 Å². The van der Waals surface area contributed by atoms with Crippen LogP contribution < -0.4 is 10.5 Å². The summed E-state index contributed by atoms with van der Waals surface area (Å²) < 4.78 is 5.28. The number of nitrogens with zero attached hydrogens (tertiary/aromatic N) is 2. The lowest BCUT2D eigenvalue weighted by Crippen LogP contribution is -2.33. The Morgan fingerprint density at radius 3 is 2.30 bits per heavy atom. The SMILES string of the molecule is C/C=C(CC(C1=CN(C)C(N)=NC1)c1ccc(OC)cc1)\C(Cl)=C/CCl.CC.CC. The summed E-state index contributed by atoms with van der Waals surface area (Å²) in [7, 11) is 3.57. The van der Waals surface area contributed by atoms with Crippen LogP contribution in [0.4, 0.5) is 0 Å². The monoisotopic (exact) mass is 453 g/mol. The van der Waals surface area contributed by atoms with Crippen molar-refractivity contribution < 1.29 is 4.74 Å². The van der Waals surface area contributed by atoms with Gasteiger partial charge in [-0.1, -0.05) is 63.6 Å². The molecule has 1 aromatic carbocycles. The fraction of sp³-hybridized carbons (Fsp3) is 0.458. The Morgan fingerprint density at radius 2 is 1.83 bits per heavy atom. The van der Waals surface area contributed by atoms with Gasteiger partial charge in [0, 0.05) is 30.1 Å². The summed E-state index contributed by atoms with van der Waals surface area (Å²) in [5.74, 6) is 1.86. The second-order valence-electron chi connectivity index (χ2n) is 6.04. The van der Waals surface area contributed by atoms with Gasteiger partial charge in [0.1, 0.15) is 5.75 Å². The van der Waals surface area contributed by atoms with Gasteiger partial charge in [0.2, 0.25) is 0 Å². The Hall–Kier alpha value is -1.91. The van der Waals surface area contributed by atoms with Crippen molar-refractivity contribution >= 4 is 29.2 Å². The molecule has 0 radical (unpaired) electrons. The van der Waals surface area contributed by atoms with Crippen molar-refractivity contribution in [2.75, 3.05) is 26.6 Å². The van der Waals surface area contributed by atoms with Gasteiger partial charge in [-0.15, -0.1) is 11.6 Å². The Kier molecular flexibility index (Phi) is 14.9. The summed E-state index contributed by atoms with van der Waals surface area (Å²) in [6.45, 7) is 10.6. The predicted octanol–water partition coefficient (Wildman–Crippen LogP) is 6.67. The van der Waals surface area contributed by atoms with Crippen LogP contribution in [0.1, 0.15) is 52.5 Å². The molecule has 1 unspecified atom stereocenters. The molecule has 0 aromatic heterocycles. The molecular weight excluding hydrogens is 417 g/mol. The van der Waals surface area contributed by atoms with Gasteiger partial charge in [0.25, 0.3) is 0 Å². The van der Waals surface area contributed by atoms with E-state index in [2.05, 4.69) is 23.3 Å². The fourth-order valence-corrected chi connectivity index (χ4v) is 3.41. The third-order valence-electron chi connectivity index (χ3n) is 4.45. The zero-order valence-electron chi connectivity index (χ0n) is 19.4. The number of hydrogen-bond donors (Lipinski definition) is 1. The lowest BCUT2D eigenvalue weighted by atomic mass is 9.85. The third-order valence-corrected chi connectivity index (χ3v) is 5.00. The Labute approximate surface area is 193 Å². The van der Waals surface area contributed by atoms with E-state index in [1.54, 1.807) is 7.11 Å². The van der Waals surface area contributed by atoms with E-state index in [1.165, 1.54) is 11.1 Å². The quantitative estimate of drug-likeness (QED) is 0.370. The number of aliphatic imine (C=N–C) groups is 1. The van der Waals surface area contributed by atoms with Crippen molar-refractivity contribution in [2.45, 2.75) is 47.0 Å². The zero-order valence-corrected chi connectivity index (χ0v) is 20.9. The molecular formula is C24H37Cl2N3O. The standard InChI is InChI=1S/C20H25Cl2N3O.2C2H6/c1-4-14(19(22)9-10-21)11-18(15-5-7-17(26-3)8-6-15)16-12-24-20(23)25(2)13-16;2*1-2/h4-9,13,18H,10-12H2,1-3H3,(H2,23,24);2*1-2H3/b14-4-,19-9+;;. The van der Waals surface area contributed by atoms with E-state index in [-0.39, 0.29) is 5.92 Å². The van der Waals surface area contributed by atoms with Gasteiger partial charge in [0.15, 0.2) is 5.96 Å². The highest BCUT2D eigenvalue weighted by atomic mass is 35.5. The first-order valence-electron chi connectivity index (χ1n) is 10.4. The molecule has 1 aliphatic heterocycles. The molecule has 1 heterocycles. The Balaban J connectivity index is 0.00000198. The molecule has 0 aliphatic carbocycles. The fourth-order valence-electron chi connectivity index (χ4n) is 2.91. The van der Waals surface area contributed by atoms with Crippen molar-refractivity contribution in [1.82, 2.24) is 4.90 Å². The minimum atomic E-state index is 0.129. The molecule has 0 spiro atoms. The first-order chi connectivity index (χ1) is 14.5. The van der Waals surface area contributed by atoms with Crippen LogP contribution in [0.25, 0.3) is 0 Å². The average Bonchev–Trinajstić information content (AvgIpc) is 2.79. The number of allylic oxidation sites excluding steroid dienone is 4.